The van der Waals surface area contributed by atoms with Gasteiger partial charge in [-0.15, -0.1) is 0 Å². The smallest absolute Gasteiger partial charge is 0.224 e. The summed E-state index contributed by atoms with van der Waals surface area (Å²) in [5, 5.41) is 7.36. The summed E-state index contributed by atoms with van der Waals surface area (Å²) in [4.78, 5) is 16.1. The maximum atomic E-state index is 11.9. The molecular weight excluding hydrogens is 316 g/mol. The third-order valence-electron chi connectivity index (χ3n) is 3.25. The molecule has 0 aliphatic rings. The highest BCUT2D eigenvalue weighted by Crippen LogP contribution is 2.28. The van der Waals surface area contributed by atoms with Gasteiger partial charge < -0.3 is 9.73 Å². The Balaban J connectivity index is 1.59. The van der Waals surface area contributed by atoms with Crippen LogP contribution in [0.15, 0.2) is 47.3 Å². The van der Waals surface area contributed by atoms with Crippen molar-refractivity contribution in [1.82, 2.24) is 14.8 Å². The summed E-state index contributed by atoms with van der Waals surface area (Å²) in [6.45, 7) is 0. The van der Waals surface area contributed by atoms with Crippen LogP contribution in [-0.4, -0.2) is 20.7 Å². The quantitative estimate of drug-likeness (QED) is 0.779. The highest BCUT2D eigenvalue weighted by molar-refractivity contribution is 6.33. The van der Waals surface area contributed by atoms with Crippen LogP contribution in [0.2, 0.25) is 5.02 Å². The van der Waals surface area contributed by atoms with Crippen molar-refractivity contribution in [2.45, 2.75) is 12.8 Å². The lowest BCUT2D eigenvalue weighted by Gasteiger charge is -2.01. The number of rotatable bonds is 5. The summed E-state index contributed by atoms with van der Waals surface area (Å²) >= 11 is 6.13. The molecule has 0 spiro atoms. The van der Waals surface area contributed by atoms with Crippen LogP contribution in [0.1, 0.15) is 12.3 Å². The number of nitrogens with one attached hydrogen (secondary N) is 1. The van der Waals surface area contributed by atoms with Crippen LogP contribution in [-0.2, 0) is 18.3 Å². The molecule has 3 aromatic rings. The average Bonchev–Trinajstić information content (AvgIpc) is 3.15. The van der Waals surface area contributed by atoms with Crippen LogP contribution in [0, 0.1) is 0 Å². The van der Waals surface area contributed by atoms with E-state index in [-0.39, 0.29) is 12.3 Å². The molecule has 0 unspecified atom stereocenters. The average molecular weight is 331 g/mol. The number of nitrogens with zero attached hydrogens (tertiary/aromatic N) is 3. The molecule has 1 amide bonds. The highest BCUT2D eigenvalue weighted by Gasteiger charge is 2.11. The predicted octanol–water partition coefficient (Wildman–Crippen LogP) is 3.30. The summed E-state index contributed by atoms with van der Waals surface area (Å²) in [6.07, 6.45) is 5.64. The first kappa shape index (κ1) is 15.3. The van der Waals surface area contributed by atoms with Crippen molar-refractivity contribution in [2.24, 2.45) is 7.05 Å². The molecule has 1 N–H and O–H groups in total. The Labute approximate surface area is 138 Å². The van der Waals surface area contributed by atoms with Crippen molar-refractivity contribution < 1.29 is 9.21 Å². The zero-order valence-corrected chi connectivity index (χ0v) is 13.2. The summed E-state index contributed by atoms with van der Waals surface area (Å²) in [7, 11) is 1.79. The minimum absolute atomic E-state index is 0.115. The van der Waals surface area contributed by atoms with Gasteiger partial charge in [0.05, 0.1) is 23.1 Å². The lowest BCUT2D eigenvalue weighted by Crippen LogP contribution is -2.11. The molecule has 0 fully saturated rings. The van der Waals surface area contributed by atoms with Crippen LogP contribution in [0.25, 0.3) is 11.3 Å². The Kier molecular flexibility index (Phi) is 4.43. The maximum absolute atomic E-state index is 11.9. The molecule has 23 heavy (non-hydrogen) atoms. The van der Waals surface area contributed by atoms with Crippen molar-refractivity contribution in [2.75, 3.05) is 5.32 Å². The standard InChI is InChI=1S/C16H15ClN4O2/c1-21-10-11(8-19-21)20-15(22)6-7-16-18-9-14(23-16)12-4-2-3-5-13(12)17/h2-5,8-10H,6-7H2,1H3,(H,20,22). The van der Waals surface area contributed by atoms with Crippen LogP contribution in [0.5, 0.6) is 0 Å². The first-order valence-corrected chi connectivity index (χ1v) is 7.48. The summed E-state index contributed by atoms with van der Waals surface area (Å²) in [5.41, 5.74) is 1.45. The van der Waals surface area contributed by atoms with Crippen LogP contribution in [0.4, 0.5) is 5.69 Å². The molecule has 0 atom stereocenters. The van der Waals surface area contributed by atoms with E-state index in [1.165, 1.54) is 0 Å². The zero-order valence-electron chi connectivity index (χ0n) is 12.5. The maximum Gasteiger partial charge on any atom is 0.224 e. The van der Waals surface area contributed by atoms with Gasteiger partial charge in [0, 0.05) is 31.6 Å². The third kappa shape index (κ3) is 3.78. The molecule has 0 saturated heterocycles. The lowest BCUT2D eigenvalue weighted by molar-refractivity contribution is -0.116. The molecule has 0 bridgehead atoms. The molecule has 118 valence electrons. The summed E-state index contributed by atoms with van der Waals surface area (Å²) < 4.78 is 7.29. The lowest BCUT2D eigenvalue weighted by atomic mass is 10.2. The van der Waals surface area contributed by atoms with Gasteiger partial charge in [-0.2, -0.15) is 5.10 Å². The van der Waals surface area contributed by atoms with Crippen molar-refractivity contribution in [3.05, 3.63) is 53.8 Å². The van der Waals surface area contributed by atoms with Gasteiger partial charge in [0.25, 0.3) is 0 Å². The van der Waals surface area contributed by atoms with E-state index in [2.05, 4.69) is 15.4 Å². The minimum atomic E-state index is -0.115. The Hall–Kier alpha value is -2.60. The van der Waals surface area contributed by atoms with Crippen LogP contribution >= 0.6 is 11.6 Å². The fourth-order valence-corrected chi connectivity index (χ4v) is 2.37. The topological polar surface area (TPSA) is 73.0 Å². The van der Waals surface area contributed by atoms with E-state index in [4.69, 9.17) is 16.0 Å². The van der Waals surface area contributed by atoms with E-state index in [0.717, 1.165) is 5.56 Å². The monoisotopic (exact) mass is 330 g/mol. The molecule has 1 aromatic carbocycles. The van der Waals surface area contributed by atoms with Gasteiger partial charge in [0.15, 0.2) is 11.7 Å². The number of oxazole rings is 1. The van der Waals surface area contributed by atoms with Gasteiger partial charge in [0.2, 0.25) is 5.91 Å². The second kappa shape index (κ2) is 6.66. The zero-order chi connectivity index (χ0) is 16.2. The number of carbonyl (C=O) groups is 1. The number of carbonyl (C=O) groups excluding carboxylic acids is 1. The SMILES string of the molecule is Cn1cc(NC(=O)CCc2ncc(-c3ccccc3Cl)o2)cn1. The number of aryl methyl sites for hydroxylation is 2. The first-order valence-electron chi connectivity index (χ1n) is 7.10. The molecule has 0 aliphatic carbocycles. The number of anilines is 1. The largest absolute Gasteiger partial charge is 0.441 e. The fourth-order valence-electron chi connectivity index (χ4n) is 2.14. The third-order valence-corrected chi connectivity index (χ3v) is 3.58. The van der Waals surface area contributed by atoms with Gasteiger partial charge >= 0.3 is 0 Å². The number of aromatic nitrogens is 3. The second-order valence-corrected chi connectivity index (χ2v) is 5.46. The van der Waals surface area contributed by atoms with Gasteiger partial charge in [-0.3, -0.25) is 9.48 Å². The van der Waals surface area contributed by atoms with Gasteiger partial charge in [-0.25, -0.2) is 4.98 Å². The Morgan fingerprint density at radius 1 is 1.35 bits per heavy atom. The fraction of sp³-hybridized carbons (Fsp3) is 0.188. The normalized spacial score (nSPS) is 10.7. The van der Waals surface area contributed by atoms with Crippen molar-refractivity contribution in [1.29, 1.82) is 0 Å². The number of hydrogen-bond acceptors (Lipinski definition) is 4. The summed E-state index contributed by atoms with van der Waals surface area (Å²) in [6, 6.07) is 7.39. The van der Waals surface area contributed by atoms with Crippen LogP contribution in [0.3, 0.4) is 0 Å². The molecule has 3 rings (SSSR count). The van der Waals surface area contributed by atoms with E-state index in [1.807, 2.05) is 18.2 Å². The molecule has 0 radical (unpaired) electrons. The summed E-state index contributed by atoms with van der Waals surface area (Å²) in [5.74, 6) is 0.981. The number of halogens is 1. The Morgan fingerprint density at radius 3 is 2.91 bits per heavy atom. The Morgan fingerprint density at radius 2 is 2.17 bits per heavy atom. The number of benzene rings is 1. The van der Waals surface area contributed by atoms with Gasteiger partial charge in [-0.05, 0) is 12.1 Å². The molecule has 2 heterocycles. The molecule has 6 nitrogen and oxygen atoms in total. The number of amides is 1. The van der Waals surface area contributed by atoms with Crippen molar-refractivity contribution in [3.8, 4) is 11.3 Å². The highest BCUT2D eigenvalue weighted by atomic mass is 35.5. The van der Waals surface area contributed by atoms with E-state index >= 15 is 0 Å². The van der Waals surface area contributed by atoms with Gasteiger partial charge in [0.1, 0.15) is 0 Å². The molecular formula is C16H15ClN4O2. The van der Waals surface area contributed by atoms with Crippen molar-refractivity contribution >= 4 is 23.2 Å². The van der Waals surface area contributed by atoms with E-state index in [1.54, 1.807) is 36.4 Å². The van der Waals surface area contributed by atoms with E-state index < -0.39 is 0 Å². The first-order chi connectivity index (χ1) is 11.1. The van der Waals surface area contributed by atoms with E-state index in [9.17, 15) is 4.79 Å². The minimum Gasteiger partial charge on any atom is -0.441 e. The molecule has 0 aliphatic heterocycles. The van der Waals surface area contributed by atoms with Crippen molar-refractivity contribution in [3.63, 3.8) is 0 Å². The molecule has 2 aromatic heterocycles. The second-order valence-electron chi connectivity index (χ2n) is 5.05. The number of hydrogen-bond donors (Lipinski definition) is 1. The Bertz CT molecular complexity index is 825. The predicted molar refractivity (Wildman–Crippen MR) is 87.1 cm³/mol. The van der Waals surface area contributed by atoms with Gasteiger partial charge in [-0.1, -0.05) is 23.7 Å². The molecule has 7 heteroatoms. The molecule has 0 saturated carbocycles. The van der Waals surface area contributed by atoms with Crippen LogP contribution < -0.4 is 5.32 Å². The van der Waals surface area contributed by atoms with E-state index in [0.29, 0.717) is 28.8 Å².